The molecule has 0 spiro atoms. The molecule has 0 fully saturated rings. The maximum atomic E-state index is 12.9. The van der Waals surface area contributed by atoms with Crippen LogP contribution in [0.5, 0.6) is 0 Å². The SMILES string of the molecule is CCCC[C@H](NC(=O)O[C@H](CNc1cc(Cl)c(Cl)cc1NC)C(C)(C)C)C(=O)CNS(=O)(=O)c1ccccn1. The van der Waals surface area contributed by atoms with Gasteiger partial charge in [0.05, 0.1) is 40.6 Å². The van der Waals surface area contributed by atoms with Gasteiger partial charge in [-0.25, -0.2) is 22.9 Å². The van der Waals surface area contributed by atoms with E-state index >= 15 is 0 Å². The Morgan fingerprint density at radius 3 is 2.33 bits per heavy atom. The fraction of sp³-hybridized carbons (Fsp3) is 0.500. The third-order valence-electron chi connectivity index (χ3n) is 5.90. The quantitative estimate of drug-likeness (QED) is 0.235. The van der Waals surface area contributed by atoms with Crippen LogP contribution in [0.3, 0.4) is 0 Å². The lowest BCUT2D eigenvalue weighted by Crippen LogP contribution is -2.48. The van der Waals surface area contributed by atoms with Gasteiger partial charge in [-0.05, 0) is 30.7 Å². The van der Waals surface area contributed by atoms with E-state index in [4.69, 9.17) is 27.9 Å². The van der Waals surface area contributed by atoms with E-state index < -0.39 is 46.0 Å². The highest BCUT2D eigenvalue weighted by Gasteiger charge is 2.31. The number of nitrogens with one attached hydrogen (secondary N) is 4. The number of carbonyl (C=O) groups is 2. The largest absolute Gasteiger partial charge is 0.444 e. The van der Waals surface area contributed by atoms with E-state index in [-0.39, 0.29) is 11.6 Å². The fourth-order valence-corrected chi connectivity index (χ4v) is 4.79. The van der Waals surface area contributed by atoms with Crippen molar-refractivity contribution in [3.8, 4) is 0 Å². The zero-order valence-corrected chi connectivity index (χ0v) is 25.1. The Morgan fingerprint density at radius 1 is 1.10 bits per heavy atom. The summed E-state index contributed by atoms with van der Waals surface area (Å²) in [7, 11) is -2.23. The molecular weight excluding hydrogens is 565 g/mol. The van der Waals surface area contributed by atoms with Gasteiger partial charge in [0.2, 0.25) is 0 Å². The second-order valence-corrected chi connectivity index (χ2v) is 12.5. The summed E-state index contributed by atoms with van der Waals surface area (Å²) in [5.74, 6) is -0.486. The summed E-state index contributed by atoms with van der Waals surface area (Å²) in [6.45, 7) is 7.47. The number of alkyl carbamates (subject to hydrolysis) is 1. The average Bonchev–Trinajstić information content (AvgIpc) is 2.89. The van der Waals surface area contributed by atoms with Gasteiger partial charge in [0.1, 0.15) is 6.10 Å². The van der Waals surface area contributed by atoms with Crippen LogP contribution >= 0.6 is 23.2 Å². The lowest BCUT2D eigenvalue weighted by molar-refractivity contribution is -0.120. The van der Waals surface area contributed by atoms with Crippen molar-refractivity contribution in [2.75, 3.05) is 30.8 Å². The lowest BCUT2D eigenvalue weighted by atomic mass is 9.89. The maximum Gasteiger partial charge on any atom is 0.408 e. The van der Waals surface area contributed by atoms with E-state index in [1.807, 2.05) is 27.7 Å². The minimum Gasteiger partial charge on any atom is -0.444 e. The summed E-state index contributed by atoms with van der Waals surface area (Å²) >= 11 is 12.3. The summed E-state index contributed by atoms with van der Waals surface area (Å²) in [6.07, 6.45) is 1.75. The number of ketones is 1. The second kappa shape index (κ2) is 14.7. The van der Waals surface area contributed by atoms with Gasteiger partial charge in [-0.1, -0.05) is 69.8 Å². The van der Waals surface area contributed by atoms with Crippen LogP contribution in [0, 0.1) is 5.41 Å². The molecule has 1 amide bonds. The first-order valence-electron chi connectivity index (χ1n) is 12.6. The Balaban J connectivity index is 2.08. The number of anilines is 2. The van der Waals surface area contributed by atoms with Crippen LogP contribution in [0.25, 0.3) is 0 Å². The minimum absolute atomic E-state index is 0.195. The Hall–Kier alpha value is -2.60. The van der Waals surface area contributed by atoms with Crippen molar-refractivity contribution in [3.63, 3.8) is 0 Å². The van der Waals surface area contributed by atoms with E-state index in [0.717, 1.165) is 12.1 Å². The van der Waals surface area contributed by atoms with Gasteiger partial charge in [0, 0.05) is 18.7 Å². The Morgan fingerprint density at radius 2 is 1.77 bits per heavy atom. The third kappa shape index (κ3) is 10.1. The maximum absolute atomic E-state index is 12.9. The van der Waals surface area contributed by atoms with Gasteiger partial charge in [-0.15, -0.1) is 0 Å². The molecule has 1 aromatic heterocycles. The fourth-order valence-electron chi connectivity index (χ4n) is 3.52. The highest BCUT2D eigenvalue weighted by atomic mass is 35.5. The molecule has 39 heavy (non-hydrogen) atoms. The average molecular weight is 603 g/mol. The van der Waals surface area contributed by atoms with Crippen LogP contribution in [0.4, 0.5) is 16.2 Å². The molecule has 1 heterocycles. The summed E-state index contributed by atoms with van der Waals surface area (Å²) < 4.78 is 32.9. The number of rotatable bonds is 14. The van der Waals surface area contributed by atoms with E-state index in [2.05, 4.69) is 25.7 Å². The molecule has 2 aromatic rings. The summed E-state index contributed by atoms with van der Waals surface area (Å²) in [4.78, 5) is 29.7. The number of hydrogen-bond acceptors (Lipinski definition) is 8. The predicted molar refractivity (Wildman–Crippen MR) is 155 cm³/mol. The smallest absolute Gasteiger partial charge is 0.408 e. The van der Waals surface area contributed by atoms with Gasteiger partial charge in [-0.3, -0.25) is 4.79 Å². The van der Waals surface area contributed by atoms with Gasteiger partial charge in [0.25, 0.3) is 10.0 Å². The monoisotopic (exact) mass is 601 g/mol. The van der Waals surface area contributed by atoms with Crippen LogP contribution in [0.2, 0.25) is 10.0 Å². The van der Waals surface area contributed by atoms with E-state index in [1.165, 1.54) is 18.3 Å². The number of carbonyl (C=O) groups excluding carboxylic acids is 2. The van der Waals surface area contributed by atoms with Crippen molar-refractivity contribution < 1.29 is 22.7 Å². The molecule has 0 saturated carbocycles. The van der Waals surface area contributed by atoms with Gasteiger partial charge >= 0.3 is 6.09 Å². The molecular formula is C26H37Cl2N5O5S. The number of nitrogens with zero attached hydrogens (tertiary/aromatic N) is 1. The predicted octanol–water partition coefficient (Wildman–Crippen LogP) is 5.09. The molecule has 0 aliphatic heterocycles. The highest BCUT2D eigenvalue weighted by Crippen LogP contribution is 2.33. The topological polar surface area (TPSA) is 139 Å². The van der Waals surface area contributed by atoms with E-state index in [1.54, 1.807) is 25.2 Å². The van der Waals surface area contributed by atoms with Crippen LogP contribution in [0.15, 0.2) is 41.6 Å². The second-order valence-electron chi connectivity index (χ2n) is 10.0. The molecule has 0 aliphatic carbocycles. The number of halogens is 2. The number of pyridine rings is 1. The van der Waals surface area contributed by atoms with Crippen molar-refractivity contribution >= 4 is 56.5 Å². The van der Waals surface area contributed by atoms with Crippen LogP contribution in [-0.2, 0) is 19.6 Å². The molecule has 0 saturated heterocycles. The molecule has 0 unspecified atom stereocenters. The Labute approximate surface area is 240 Å². The molecule has 1 aromatic carbocycles. The van der Waals surface area contributed by atoms with Crippen molar-refractivity contribution in [2.45, 2.75) is 64.1 Å². The Kier molecular flexibility index (Phi) is 12.3. The summed E-state index contributed by atoms with van der Waals surface area (Å²) in [5.41, 5.74) is 0.947. The summed E-state index contributed by atoms with van der Waals surface area (Å²) in [5, 5.41) is 9.50. The first-order valence-corrected chi connectivity index (χ1v) is 14.8. The highest BCUT2D eigenvalue weighted by molar-refractivity contribution is 7.89. The minimum atomic E-state index is -3.98. The molecule has 0 radical (unpaired) electrons. The number of Topliss-reactive ketones (excluding diaryl/α,β-unsaturated/α-hetero) is 1. The zero-order valence-electron chi connectivity index (χ0n) is 22.8. The molecule has 4 N–H and O–H groups in total. The van der Waals surface area contributed by atoms with E-state index in [9.17, 15) is 18.0 Å². The van der Waals surface area contributed by atoms with Gasteiger partial charge in [0.15, 0.2) is 10.8 Å². The first-order chi connectivity index (χ1) is 18.3. The number of sulfonamides is 1. The number of benzene rings is 1. The van der Waals surface area contributed by atoms with Crippen LogP contribution in [-0.4, -0.2) is 57.6 Å². The molecule has 216 valence electrons. The van der Waals surface area contributed by atoms with Crippen LogP contribution < -0.4 is 20.7 Å². The molecule has 2 rings (SSSR count). The summed E-state index contributed by atoms with van der Waals surface area (Å²) in [6, 6.07) is 6.90. The van der Waals surface area contributed by atoms with Crippen molar-refractivity contribution in [1.29, 1.82) is 0 Å². The number of unbranched alkanes of at least 4 members (excludes halogenated alkanes) is 1. The normalized spacial score (nSPS) is 13.3. The standard InChI is InChI=1S/C26H37Cl2N5O5S/c1-6-7-10-19(22(34)15-32-39(36,37)24-11-8-9-12-30-24)33-25(35)38-23(26(2,3)4)16-31-21-14-18(28)17(27)13-20(21)29-5/h8-9,11-14,19,23,29,31-32H,6-7,10,15-16H2,1-5H3,(H,33,35)/t19-,23+/m0/s1. The number of aromatic nitrogens is 1. The van der Waals surface area contributed by atoms with Gasteiger partial charge in [-0.2, -0.15) is 0 Å². The van der Waals surface area contributed by atoms with Crippen molar-refractivity contribution in [3.05, 3.63) is 46.6 Å². The number of hydrogen-bond donors (Lipinski definition) is 4. The molecule has 13 heteroatoms. The molecule has 0 bridgehead atoms. The third-order valence-corrected chi connectivity index (χ3v) is 7.94. The zero-order chi connectivity index (χ0) is 29.2. The van der Waals surface area contributed by atoms with E-state index in [0.29, 0.717) is 28.6 Å². The van der Waals surface area contributed by atoms with Gasteiger partial charge < -0.3 is 20.7 Å². The lowest BCUT2D eigenvalue weighted by Gasteiger charge is -2.31. The van der Waals surface area contributed by atoms with Crippen LogP contribution in [0.1, 0.15) is 47.0 Å². The molecule has 2 atom stereocenters. The first kappa shape index (κ1) is 32.6. The number of amides is 1. The Bertz CT molecular complexity index is 1220. The van der Waals surface area contributed by atoms with Crippen molar-refractivity contribution in [1.82, 2.24) is 15.0 Å². The number of ether oxygens (including phenoxy) is 1. The van der Waals surface area contributed by atoms with Crippen molar-refractivity contribution in [2.24, 2.45) is 5.41 Å². The molecule has 10 nitrogen and oxygen atoms in total. The molecule has 0 aliphatic rings.